The minimum atomic E-state index is 0.194. The molecule has 0 saturated carbocycles. The van der Waals surface area contributed by atoms with Crippen molar-refractivity contribution in [2.45, 2.75) is 31.6 Å². The van der Waals surface area contributed by atoms with E-state index >= 15 is 0 Å². The molecule has 1 saturated heterocycles. The zero-order chi connectivity index (χ0) is 12.8. The zero-order valence-corrected chi connectivity index (χ0v) is 11.7. The molecule has 0 amide bonds. The molecule has 2 nitrogen and oxygen atoms in total. The molecule has 0 radical (unpaired) electrons. The smallest absolute Gasteiger partial charge is 0.0816 e. The van der Waals surface area contributed by atoms with Crippen LogP contribution < -0.4 is 5.73 Å². The Labute approximate surface area is 115 Å². The van der Waals surface area contributed by atoms with Crippen LogP contribution in [0.3, 0.4) is 0 Å². The maximum atomic E-state index is 5.93. The number of hydrogen-bond donors (Lipinski definition) is 1. The molecule has 0 bridgehead atoms. The minimum absolute atomic E-state index is 0.194. The molecule has 1 aliphatic heterocycles. The molecule has 0 aromatic heterocycles. The lowest BCUT2D eigenvalue weighted by Gasteiger charge is -2.26. The van der Waals surface area contributed by atoms with Crippen LogP contribution in [-0.2, 0) is 0 Å². The predicted octanol–water partition coefficient (Wildman–Crippen LogP) is 2.93. The molecule has 98 valence electrons. The number of nitrogens with zero attached hydrogens (tertiary/aromatic N) is 1. The summed E-state index contributed by atoms with van der Waals surface area (Å²) in [6.45, 7) is 3.34. The van der Waals surface area contributed by atoms with Gasteiger partial charge >= 0.3 is 0 Å². The van der Waals surface area contributed by atoms with Crippen molar-refractivity contribution in [3.8, 4) is 0 Å². The fourth-order valence-corrected chi connectivity index (χ4v) is 2.83. The van der Waals surface area contributed by atoms with Crippen LogP contribution >= 0.6 is 12.2 Å². The second-order valence-corrected chi connectivity index (χ2v) is 5.55. The van der Waals surface area contributed by atoms with Gasteiger partial charge in [-0.2, -0.15) is 0 Å². The van der Waals surface area contributed by atoms with Crippen molar-refractivity contribution in [2.24, 2.45) is 5.73 Å². The highest BCUT2D eigenvalue weighted by atomic mass is 32.1. The molecule has 2 rings (SSSR count). The third-order valence-electron chi connectivity index (χ3n) is 3.68. The van der Waals surface area contributed by atoms with Crippen molar-refractivity contribution < 1.29 is 0 Å². The van der Waals surface area contributed by atoms with Crippen LogP contribution in [0.4, 0.5) is 0 Å². The fraction of sp³-hybridized carbons (Fsp3) is 0.533. The zero-order valence-electron chi connectivity index (χ0n) is 10.8. The van der Waals surface area contributed by atoms with Gasteiger partial charge in [-0.1, -0.05) is 55.4 Å². The Morgan fingerprint density at radius 2 is 1.72 bits per heavy atom. The summed E-state index contributed by atoms with van der Waals surface area (Å²) in [4.78, 5) is 3.13. The van der Waals surface area contributed by atoms with Crippen LogP contribution in [0, 0.1) is 0 Å². The van der Waals surface area contributed by atoms with Gasteiger partial charge in [0.2, 0.25) is 0 Å². The predicted molar refractivity (Wildman–Crippen MR) is 80.9 cm³/mol. The summed E-state index contributed by atoms with van der Waals surface area (Å²) in [5.74, 6) is 0.194. The molecule has 1 aromatic carbocycles. The number of hydrogen-bond acceptors (Lipinski definition) is 2. The average Bonchev–Trinajstić information content (AvgIpc) is 2.65. The number of likely N-dealkylation sites (tertiary alicyclic amines) is 1. The third-order valence-corrected chi connectivity index (χ3v) is 3.97. The molecule has 3 heteroatoms. The SMILES string of the molecule is NC(=S)C(CN1CCCCCC1)c1ccccc1. The summed E-state index contributed by atoms with van der Waals surface area (Å²) in [7, 11) is 0. The molecule has 18 heavy (non-hydrogen) atoms. The Hall–Kier alpha value is -0.930. The summed E-state index contributed by atoms with van der Waals surface area (Å²) in [6.07, 6.45) is 5.33. The molecule has 1 atom stereocenters. The van der Waals surface area contributed by atoms with Crippen molar-refractivity contribution in [1.29, 1.82) is 0 Å². The van der Waals surface area contributed by atoms with Gasteiger partial charge in [0.25, 0.3) is 0 Å². The summed E-state index contributed by atoms with van der Waals surface area (Å²) < 4.78 is 0. The lowest BCUT2D eigenvalue weighted by atomic mass is 9.98. The van der Waals surface area contributed by atoms with E-state index in [4.69, 9.17) is 18.0 Å². The van der Waals surface area contributed by atoms with Crippen molar-refractivity contribution in [2.75, 3.05) is 19.6 Å². The molecular formula is C15H22N2S. The number of thiocarbonyl (C=S) groups is 1. The van der Waals surface area contributed by atoms with Crippen LogP contribution in [0.15, 0.2) is 30.3 Å². The average molecular weight is 262 g/mol. The maximum Gasteiger partial charge on any atom is 0.0816 e. The van der Waals surface area contributed by atoms with E-state index in [0.29, 0.717) is 4.99 Å². The van der Waals surface area contributed by atoms with Gasteiger partial charge in [-0.05, 0) is 31.5 Å². The largest absolute Gasteiger partial charge is 0.393 e. The highest BCUT2D eigenvalue weighted by Crippen LogP contribution is 2.19. The second-order valence-electron chi connectivity index (χ2n) is 5.08. The Morgan fingerprint density at radius 1 is 1.11 bits per heavy atom. The second kappa shape index (κ2) is 6.86. The highest BCUT2D eigenvalue weighted by Gasteiger charge is 2.19. The summed E-state index contributed by atoms with van der Waals surface area (Å²) in [6, 6.07) is 10.4. The number of rotatable bonds is 4. The van der Waals surface area contributed by atoms with E-state index in [1.807, 2.05) is 6.07 Å². The van der Waals surface area contributed by atoms with E-state index in [-0.39, 0.29) is 5.92 Å². The van der Waals surface area contributed by atoms with Crippen molar-refractivity contribution >= 4 is 17.2 Å². The standard InChI is InChI=1S/C15H22N2S/c16-15(18)14(13-8-4-3-5-9-13)12-17-10-6-1-2-7-11-17/h3-5,8-9,14H,1-2,6-7,10-12H2,(H2,16,18). The van der Waals surface area contributed by atoms with Gasteiger partial charge in [0, 0.05) is 12.5 Å². The maximum absolute atomic E-state index is 5.93. The Bertz CT molecular complexity index is 369. The van der Waals surface area contributed by atoms with Gasteiger partial charge in [0.15, 0.2) is 0 Å². The first-order valence-electron chi connectivity index (χ1n) is 6.84. The summed E-state index contributed by atoms with van der Waals surface area (Å²) in [5.41, 5.74) is 7.17. The van der Waals surface area contributed by atoms with Crippen molar-refractivity contribution in [1.82, 2.24) is 4.90 Å². The monoisotopic (exact) mass is 262 g/mol. The first-order chi connectivity index (χ1) is 8.77. The highest BCUT2D eigenvalue weighted by molar-refractivity contribution is 7.80. The molecule has 1 fully saturated rings. The van der Waals surface area contributed by atoms with Crippen LogP contribution in [0.2, 0.25) is 0 Å². The van der Waals surface area contributed by atoms with Gasteiger partial charge in [0.05, 0.1) is 4.99 Å². The number of nitrogens with two attached hydrogens (primary N) is 1. The van der Waals surface area contributed by atoms with Crippen molar-refractivity contribution in [3.05, 3.63) is 35.9 Å². The first-order valence-corrected chi connectivity index (χ1v) is 7.25. The normalized spacial score (nSPS) is 19.1. The molecule has 0 spiro atoms. The van der Waals surface area contributed by atoms with Gasteiger partial charge in [-0.15, -0.1) is 0 Å². The van der Waals surface area contributed by atoms with Crippen LogP contribution in [-0.4, -0.2) is 29.5 Å². The van der Waals surface area contributed by atoms with Crippen molar-refractivity contribution in [3.63, 3.8) is 0 Å². The fourth-order valence-electron chi connectivity index (χ4n) is 2.62. The molecule has 1 aliphatic rings. The van der Waals surface area contributed by atoms with E-state index in [1.165, 1.54) is 44.3 Å². The van der Waals surface area contributed by atoms with E-state index in [0.717, 1.165) is 6.54 Å². The number of benzene rings is 1. The topological polar surface area (TPSA) is 29.3 Å². The Kier molecular flexibility index (Phi) is 5.14. The van der Waals surface area contributed by atoms with E-state index < -0.39 is 0 Å². The Balaban J connectivity index is 2.04. The van der Waals surface area contributed by atoms with E-state index in [2.05, 4.69) is 29.2 Å². The van der Waals surface area contributed by atoms with Crippen LogP contribution in [0.1, 0.15) is 37.2 Å². The molecule has 2 N–H and O–H groups in total. The third kappa shape index (κ3) is 3.79. The Morgan fingerprint density at radius 3 is 2.28 bits per heavy atom. The van der Waals surface area contributed by atoms with Gasteiger partial charge in [0.1, 0.15) is 0 Å². The van der Waals surface area contributed by atoms with Gasteiger partial charge in [-0.25, -0.2) is 0 Å². The molecule has 1 aromatic rings. The quantitative estimate of drug-likeness (QED) is 0.846. The van der Waals surface area contributed by atoms with E-state index in [1.54, 1.807) is 0 Å². The molecule has 0 aliphatic carbocycles. The molecule has 1 heterocycles. The molecule has 1 unspecified atom stereocenters. The lowest BCUT2D eigenvalue weighted by molar-refractivity contribution is 0.282. The van der Waals surface area contributed by atoms with Crippen LogP contribution in [0.25, 0.3) is 0 Å². The van der Waals surface area contributed by atoms with Gasteiger partial charge < -0.3 is 10.6 Å². The summed E-state index contributed by atoms with van der Waals surface area (Å²) in [5, 5.41) is 0. The summed E-state index contributed by atoms with van der Waals surface area (Å²) >= 11 is 5.25. The lowest BCUT2D eigenvalue weighted by Crippen LogP contribution is -2.34. The van der Waals surface area contributed by atoms with E-state index in [9.17, 15) is 0 Å². The van der Waals surface area contributed by atoms with Crippen LogP contribution in [0.5, 0.6) is 0 Å². The first kappa shape index (κ1) is 13.5. The minimum Gasteiger partial charge on any atom is -0.393 e. The van der Waals surface area contributed by atoms with Gasteiger partial charge in [-0.3, -0.25) is 0 Å². The molecular weight excluding hydrogens is 240 g/mol.